The Morgan fingerprint density at radius 1 is 1.24 bits per heavy atom. The lowest BCUT2D eigenvalue weighted by Gasteiger charge is -2.29. The molecule has 0 aromatic heterocycles. The fourth-order valence-electron chi connectivity index (χ4n) is 1.94. The second-order valence-electron chi connectivity index (χ2n) is 5.76. The Labute approximate surface area is 121 Å². The number of hydrogen-bond acceptors (Lipinski definition) is 2. The van der Waals surface area contributed by atoms with E-state index in [1.807, 2.05) is 0 Å². The van der Waals surface area contributed by atoms with Gasteiger partial charge in [0.2, 0.25) is 0 Å². The molecule has 1 aromatic carbocycles. The monoisotopic (exact) mass is 306 g/mol. The van der Waals surface area contributed by atoms with Crippen LogP contribution < -0.4 is 0 Å². The van der Waals surface area contributed by atoms with Gasteiger partial charge in [-0.25, -0.2) is 4.39 Å². The summed E-state index contributed by atoms with van der Waals surface area (Å²) in [5, 5.41) is 0. The molecule has 0 heterocycles. The second-order valence-corrected chi connectivity index (χ2v) is 5.76. The molecule has 0 saturated carbocycles. The van der Waals surface area contributed by atoms with Crippen molar-refractivity contribution in [2.45, 2.75) is 40.0 Å². The van der Waals surface area contributed by atoms with Crippen molar-refractivity contribution in [3.05, 3.63) is 35.1 Å². The summed E-state index contributed by atoms with van der Waals surface area (Å²) in [4.78, 5) is 12.3. The van der Waals surface area contributed by atoms with Crippen LogP contribution in [0.3, 0.4) is 0 Å². The van der Waals surface area contributed by atoms with Crippen LogP contribution in [0.4, 0.5) is 17.6 Å². The van der Waals surface area contributed by atoms with E-state index in [0.29, 0.717) is 12.1 Å². The molecule has 2 nitrogen and oxygen atoms in total. The number of alkyl halides is 3. The zero-order valence-corrected chi connectivity index (χ0v) is 12.3. The molecule has 0 aliphatic heterocycles. The number of ketones is 1. The highest BCUT2D eigenvalue weighted by molar-refractivity contribution is 6.00. The molecule has 0 fully saturated rings. The van der Waals surface area contributed by atoms with E-state index >= 15 is 0 Å². The first-order chi connectivity index (χ1) is 9.48. The van der Waals surface area contributed by atoms with Crippen molar-refractivity contribution in [3.63, 3.8) is 0 Å². The lowest BCUT2D eigenvalue weighted by molar-refractivity contribution is -0.140. The molecule has 0 aliphatic carbocycles. The van der Waals surface area contributed by atoms with E-state index in [2.05, 4.69) is 0 Å². The number of rotatable bonds is 4. The van der Waals surface area contributed by atoms with Crippen molar-refractivity contribution in [2.75, 3.05) is 6.61 Å². The van der Waals surface area contributed by atoms with Crippen LogP contribution in [0.1, 0.15) is 43.6 Å². The number of halogens is 4. The fourth-order valence-corrected chi connectivity index (χ4v) is 1.94. The smallest absolute Gasteiger partial charge is 0.370 e. The molecular weight excluding hydrogens is 288 g/mol. The number of hydrogen-bond donors (Lipinski definition) is 0. The molecular formula is C15H18F4O2. The molecule has 1 atom stereocenters. The van der Waals surface area contributed by atoms with Crippen LogP contribution in [0.2, 0.25) is 0 Å². The average Bonchev–Trinajstić information content (AvgIpc) is 2.32. The molecule has 118 valence electrons. The molecule has 21 heavy (non-hydrogen) atoms. The maximum atomic E-state index is 13.5. The number of Topliss-reactive ketones (excluding diaryl/α,β-unsaturated/α-hetero) is 1. The van der Waals surface area contributed by atoms with Crippen molar-refractivity contribution in [1.82, 2.24) is 0 Å². The molecule has 1 rings (SSSR count). The van der Waals surface area contributed by atoms with Crippen LogP contribution in [0.5, 0.6) is 0 Å². The summed E-state index contributed by atoms with van der Waals surface area (Å²) < 4.78 is 56.4. The van der Waals surface area contributed by atoms with Gasteiger partial charge in [0.25, 0.3) is 0 Å². The molecule has 0 spiro atoms. The van der Waals surface area contributed by atoms with Gasteiger partial charge in [-0.1, -0.05) is 26.8 Å². The molecule has 0 aliphatic rings. The van der Waals surface area contributed by atoms with Gasteiger partial charge in [0, 0.05) is 12.2 Å². The maximum Gasteiger partial charge on any atom is 0.419 e. The Hall–Kier alpha value is -1.43. The van der Waals surface area contributed by atoms with Gasteiger partial charge < -0.3 is 4.74 Å². The SMILES string of the molecule is CCOC(C(=O)c1ccc(C(F)(F)F)c(F)c1)C(C)(C)C. The number of ether oxygens (including phenoxy) is 1. The van der Waals surface area contributed by atoms with Crippen molar-refractivity contribution in [2.24, 2.45) is 5.41 Å². The molecule has 1 unspecified atom stereocenters. The predicted octanol–water partition coefficient (Wildman–Crippen LogP) is 4.48. The molecule has 6 heteroatoms. The Morgan fingerprint density at radius 2 is 1.81 bits per heavy atom. The molecule has 0 amide bonds. The van der Waals surface area contributed by atoms with Gasteiger partial charge in [0.05, 0.1) is 5.56 Å². The third kappa shape index (κ3) is 4.27. The van der Waals surface area contributed by atoms with E-state index in [1.54, 1.807) is 27.7 Å². The predicted molar refractivity (Wildman–Crippen MR) is 70.6 cm³/mol. The Bertz CT molecular complexity index is 515. The summed E-state index contributed by atoms with van der Waals surface area (Å²) in [5.41, 5.74) is -2.07. The van der Waals surface area contributed by atoms with Gasteiger partial charge in [0.15, 0.2) is 5.78 Å². The summed E-state index contributed by atoms with van der Waals surface area (Å²) in [6.07, 6.45) is -5.63. The van der Waals surface area contributed by atoms with E-state index in [9.17, 15) is 22.4 Å². The Balaban J connectivity index is 3.16. The summed E-state index contributed by atoms with van der Waals surface area (Å²) in [6.45, 7) is 7.29. The highest BCUT2D eigenvalue weighted by Gasteiger charge is 2.36. The Morgan fingerprint density at radius 3 is 2.19 bits per heavy atom. The van der Waals surface area contributed by atoms with E-state index in [0.717, 1.165) is 6.07 Å². The van der Waals surface area contributed by atoms with Gasteiger partial charge in [-0.05, 0) is 24.5 Å². The van der Waals surface area contributed by atoms with E-state index in [-0.39, 0.29) is 12.2 Å². The van der Waals surface area contributed by atoms with Crippen molar-refractivity contribution >= 4 is 5.78 Å². The van der Waals surface area contributed by atoms with Crippen LogP contribution in [0, 0.1) is 11.2 Å². The van der Waals surface area contributed by atoms with Crippen LogP contribution in [0.25, 0.3) is 0 Å². The highest BCUT2D eigenvalue weighted by Crippen LogP contribution is 2.32. The number of benzene rings is 1. The van der Waals surface area contributed by atoms with Crippen LogP contribution >= 0.6 is 0 Å². The summed E-state index contributed by atoms with van der Waals surface area (Å²) >= 11 is 0. The quantitative estimate of drug-likeness (QED) is 0.605. The molecule has 1 aromatic rings. The molecule has 0 N–H and O–H groups in total. The van der Waals surface area contributed by atoms with Crippen LogP contribution in [-0.2, 0) is 10.9 Å². The average molecular weight is 306 g/mol. The largest absolute Gasteiger partial charge is 0.419 e. The van der Waals surface area contributed by atoms with Gasteiger partial charge >= 0.3 is 6.18 Å². The third-order valence-electron chi connectivity index (χ3n) is 2.92. The lowest BCUT2D eigenvalue weighted by Crippen LogP contribution is -2.37. The highest BCUT2D eigenvalue weighted by atomic mass is 19.4. The van der Waals surface area contributed by atoms with Gasteiger partial charge in [-0.2, -0.15) is 13.2 Å². The molecule has 0 radical (unpaired) electrons. The maximum absolute atomic E-state index is 13.5. The van der Waals surface area contributed by atoms with Crippen LogP contribution in [0.15, 0.2) is 18.2 Å². The number of carbonyl (C=O) groups is 1. The van der Waals surface area contributed by atoms with Crippen molar-refractivity contribution in [1.29, 1.82) is 0 Å². The first kappa shape index (κ1) is 17.6. The van der Waals surface area contributed by atoms with Gasteiger partial charge in [-0.3, -0.25) is 4.79 Å². The first-order valence-corrected chi connectivity index (χ1v) is 6.51. The molecule has 0 saturated heterocycles. The van der Waals surface area contributed by atoms with E-state index in [4.69, 9.17) is 4.74 Å². The van der Waals surface area contributed by atoms with Gasteiger partial charge in [0.1, 0.15) is 11.9 Å². The molecule has 0 bridgehead atoms. The summed E-state index contributed by atoms with van der Waals surface area (Å²) in [7, 11) is 0. The normalized spacial score (nSPS) is 14.1. The van der Waals surface area contributed by atoms with E-state index in [1.165, 1.54) is 0 Å². The van der Waals surface area contributed by atoms with Gasteiger partial charge in [-0.15, -0.1) is 0 Å². The number of carbonyl (C=O) groups excluding carboxylic acids is 1. The zero-order chi connectivity index (χ0) is 16.4. The Kier molecular flexibility index (Phi) is 5.15. The topological polar surface area (TPSA) is 26.3 Å². The standard InChI is InChI=1S/C15H18F4O2/c1-5-21-13(14(2,3)4)12(20)9-6-7-10(11(16)8-9)15(17,18)19/h6-8,13H,5H2,1-4H3. The fraction of sp³-hybridized carbons (Fsp3) is 0.533. The van der Waals surface area contributed by atoms with Crippen LogP contribution in [-0.4, -0.2) is 18.5 Å². The third-order valence-corrected chi connectivity index (χ3v) is 2.92. The minimum atomic E-state index is -4.78. The minimum absolute atomic E-state index is 0.131. The summed E-state index contributed by atoms with van der Waals surface area (Å²) in [6, 6.07) is 2.17. The first-order valence-electron chi connectivity index (χ1n) is 6.51. The second kappa shape index (κ2) is 6.13. The minimum Gasteiger partial charge on any atom is -0.370 e. The lowest BCUT2D eigenvalue weighted by atomic mass is 9.84. The summed E-state index contributed by atoms with van der Waals surface area (Å²) in [5.74, 6) is -1.99. The van der Waals surface area contributed by atoms with E-state index < -0.39 is 34.9 Å². The van der Waals surface area contributed by atoms with Crippen molar-refractivity contribution < 1.29 is 27.1 Å². The zero-order valence-electron chi connectivity index (χ0n) is 12.3. The van der Waals surface area contributed by atoms with Crippen molar-refractivity contribution in [3.8, 4) is 0 Å².